The number of ether oxygens (including phenoxy) is 3. The molecular formula is C16H18F4O5. The van der Waals surface area contributed by atoms with E-state index in [-0.39, 0.29) is 5.56 Å². The van der Waals surface area contributed by atoms with Gasteiger partial charge in [-0.05, 0) is 13.0 Å². The number of aromatic hydroxyl groups is 1. The van der Waals surface area contributed by atoms with Gasteiger partial charge in [0.15, 0.2) is 23.2 Å². The summed E-state index contributed by atoms with van der Waals surface area (Å²) in [7, 11) is 2.13. The van der Waals surface area contributed by atoms with Crippen molar-refractivity contribution < 1.29 is 41.7 Å². The monoisotopic (exact) mass is 366 g/mol. The first kappa shape index (κ1) is 19.3. The van der Waals surface area contributed by atoms with Gasteiger partial charge in [-0.1, -0.05) is 13.0 Å². The Morgan fingerprint density at radius 1 is 1.32 bits per heavy atom. The molecule has 2 rings (SSSR count). The van der Waals surface area contributed by atoms with Gasteiger partial charge in [-0.15, -0.1) is 0 Å². The van der Waals surface area contributed by atoms with Gasteiger partial charge in [0.25, 0.3) is 0 Å². The number of alkyl halides is 3. The van der Waals surface area contributed by atoms with Crippen molar-refractivity contribution in [3.8, 4) is 11.5 Å². The highest BCUT2D eigenvalue weighted by Gasteiger charge is 2.66. The van der Waals surface area contributed by atoms with Crippen LogP contribution in [0.5, 0.6) is 11.5 Å². The fourth-order valence-electron chi connectivity index (χ4n) is 3.15. The van der Waals surface area contributed by atoms with Gasteiger partial charge >= 0.3 is 12.1 Å². The Bertz CT molecular complexity index is 675. The first-order valence-electron chi connectivity index (χ1n) is 7.37. The second-order valence-corrected chi connectivity index (χ2v) is 6.00. The Kier molecular flexibility index (Phi) is 4.91. The summed E-state index contributed by atoms with van der Waals surface area (Å²) in [6.07, 6.45) is -6.37. The number of hydrogen-bond acceptors (Lipinski definition) is 5. The van der Waals surface area contributed by atoms with E-state index in [0.29, 0.717) is 0 Å². The van der Waals surface area contributed by atoms with E-state index in [1.807, 2.05) is 0 Å². The number of methoxy groups -OCH3 is 2. The van der Waals surface area contributed by atoms with E-state index in [1.165, 1.54) is 13.0 Å². The molecule has 25 heavy (non-hydrogen) atoms. The lowest BCUT2D eigenvalue weighted by Gasteiger charge is -2.31. The third kappa shape index (κ3) is 2.90. The van der Waals surface area contributed by atoms with E-state index in [2.05, 4.69) is 4.74 Å². The number of benzene rings is 1. The molecule has 1 aromatic rings. The van der Waals surface area contributed by atoms with E-state index in [9.17, 15) is 27.5 Å². The maximum Gasteiger partial charge on any atom is 0.417 e. The quantitative estimate of drug-likeness (QED) is 0.658. The van der Waals surface area contributed by atoms with Crippen molar-refractivity contribution in [2.24, 2.45) is 5.92 Å². The maximum absolute atomic E-state index is 14.1. The second kappa shape index (κ2) is 6.36. The van der Waals surface area contributed by atoms with Crippen LogP contribution in [0.1, 0.15) is 25.3 Å². The fourth-order valence-corrected chi connectivity index (χ4v) is 3.15. The predicted molar refractivity (Wildman–Crippen MR) is 77.9 cm³/mol. The first-order valence-corrected chi connectivity index (χ1v) is 7.37. The van der Waals surface area contributed by atoms with Crippen molar-refractivity contribution in [2.45, 2.75) is 37.6 Å². The van der Waals surface area contributed by atoms with Crippen molar-refractivity contribution in [1.82, 2.24) is 0 Å². The van der Waals surface area contributed by atoms with E-state index in [1.54, 1.807) is 0 Å². The molecule has 0 aromatic heterocycles. The second-order valence-electron chi connectivity index (χ2n) is 6.00. The molecule has 1 aliphatic heterocycles. The van der Waals surface area contributed by atoms with E-state index in [0.717, 1.165) is 27.2 Å². The molecule has 1 fully saturated rings. The molecule has 0 unspecified atom stereocenters. The van der Waals surface area contributed by atoms with Crippen LogP contribution in [0.3, 0.4) is 0 Å². The first-order chi connectivity index (χ1) is 11.5. The molecule has 0 saturated carbocycles. The van der Waals surface area contributed by atoms with Crippen LogP contribution in [0.25, 0.3) is 0 Å². The smallest absolute Gasteiger partial charge is 0.417 e. The third-order valence-electron chi connectivity index (χ3n) is 4.77. The van der Waals surface area contributed by atoms with Crippen molar-refractivity contribution in [3.05, 3.63) is 23.5 Å². The zero-order valence-corrected chi connectivity index (χ0v) is 14.0. The number of phenols is 1. The molecule has 1 N–H and O–H groups in total. The molecule has 0 bridgehead atoms. The lowest BCUT2D eigenvalue weighted by atomic mass is 9.77. The largest absolute Gasteiger partial charge is 0.505 e. The number of halogens is 4. The molecule has 9 heteroatoms. The highest BCUT2D eigenvalue weighted by molar-refractivity contribution is 5.77. The molecule has 1 saturated heterocycles. The number of carbonyl (C=O) groups is 1. The molecule has 140 valence electrons. The number of esters is 1. The molecule has 1 aromatic carbocycles. The zero-order valence-electron chi connectivity index (χ0n) is 14.0. The number of hydrogen-bond donors (Lipinski definition) is 1. The minimum Gasteiger partial charge on any atom is -0.505 e. The fraction of sp³-hybridized carbons (Fsp3) is 0.562. The molecular weight excluding hydrogens is 348 g/mol. The minimum atomic E-state index is -4.77. The lowest BCUT2D eigenvalue weighted by Crippen LogP contribution is -2.47. The van der Waals surface area contributed by atoms with Crippen LogP contribution in [0, 0.1) is 11.7 Å². The van der Waals surface area contributed by atoms with Gasteiger partial charge in [-0.3, -0.25) is 0 Å². The Morgan fingerprint density at radius 3 is 2.40 bits per heavy atom. The van der Waals surface area contributed by atoms with Crippen LogP contribution < -0.4 is 4.74 Å². The molecule has 4 atom stereocenters. The Balaban J connectivity index is 2.65. The van der Waals surface area contributed by atoms with Gasteiger partial charge in [-0.25, -0.2) is 4.79 Å². The van der Waals surface area contributed by atoms with Crippen molar-refractivity contribution in [1.29, 1.82) is 0 Å². The topological polar surface area (TPSA) is 65.0 Å². The van der Waals surface area contributed by atoms with Gasteiger partial charge in [0, 0.05) is 17.4 Å². The molecule has 1 heterocycles. The van der Waals surface area contributed by atoms with Crippen LogP contribution in [-0.4, -0.2) is 43.2 Å². The Labute approximate surface area is 141 Å². The summed E-state index contributed by atoms with van der Waals surface area (Å²) in [6.45, 7) is 2.09. The van der Waals surface area contributed by atoms with Gasteiger partial charge in [0.05, 0.1) is 14.2 Å². The molecule has 0 amide bonds. The summed E-state index contributed by atoms with van der Waals surface area (Å²) in [4.78, 5) is 12.0. The summed E-state index contributed by atoms with van der Waals surface area (Å²) in [6, 6.07) is 2.19. The van der Waals surface area contributed by atoms with Crippen LogP contribution in [0.15, 0.2) is 12.1 Å². The van der Waals surface area contributed by atoms with Crippen LogP contribution in [-0.2, 0) is 14.3 Å². The van der Waals surface area contributed by atoms with Gasteiger partial charge in [0.1, 0.15) is 0 Å². The summed E-state index contributed by atoms with van der Waals surface area (Å²) < 4.78 is 69.2. The number of phenolic OH excluding ortho intramolecular Hbond substituents is 1. The van der Waals surface area contributed by atoms with Crippen LogP contribution in [0.2, 0.25) is 0 Å². The van der Waals surface area contributed by atoms with Crippen molar-refractivity contribution in [2.75, 3.05) is 14.2 Å². The third-order valence-corrected chi connectivity index (χ3v) is 4.77. The average Bonchev–Trinajstić information content (AvgIpc) is 2.82. The highest BCUT2D eigenvalue weighted by atomic mass is 19.4. The zero-order chi connectivity index (χ0) is 19.2. The molecule has 0 aliphatic carbocycles. The van der Waals surface area contributed by atoms with E-state index >= 15 is 0 Å². The summed E-state index contributed by atoms with van der Waals surface area (Å²) in [5.41, 5.74) is -2.66. The van der Waals surface area contributed by atoms with E-state index < -0.39 is 53.0 Å². The number of rotatable bonds is 3. The number of carbonyl (C=O) groups excluding carboxylic acids is 1. The highest BCUT2D eigenvalue weighted by Crippen LogP contribution is 2.55. The van der Waals surface area contributed by atoms with Crippen molar-refractivity contribution >= 4 is 5.97 Å². The van der Waals surface area contributed by atoms with Gasteiger partial charge in [-0.2, -0.15) is 17.6 Å². The predicted octanol–water partition coefficient (Wildman–Crippen LogP) is 3.15. The molecule has 0 radical (unpaired) electrons. The lowest BCUT2D eigenvalue weighted by molar-refractivity contribution is -0.274. The normalized spacial score (nSPS) is 29.5. The van der Waals surface area contributed by atoms with Gasteiger partial charge in [0.2, 0.25) is 5.82 Å². The Morgan fingerprint density at radius 2 is 1.92 bits per heavy atom. The van der Waals surface area contributed by atoms with E-state index in [4.69, 9.17) is 9.47 Å². The van der Waals surface area contributed by atoms with Crippen LogP contribution >= 0.6 is 0 Å². The minimum absolute atomic E-state index is 0.0197. The van der Waals surface area contributed by atoms with Gasteiger partial charge < -0.3 is 19.3 Å². The summed E-state index contributed by atoms with van der Waals surface area (Å²) in [5.74, 6) is -5.75. The Hall–Kier alpha value is -2.03. The average molecular weight is 366 g/mol. The SMILES string of the molecule is COC(=O)[C@@H]1O[C@@](C)(C(F)(F)F)[C@@H](C)[C@H]1c1ccc(O)c(F)c1OC. The van der Waals surface area contributed by atoms with Crippen LogP contribution in [0.4, 0.5) is 17.6 Å². The van der Waals surface area contributed by atoms with Crippen molar-refractivity contribution in [3.63, 3.8) is 0 Å². The summed E-state index contributed by atoms with van der Waals surface area (Å²) >= 11 is 0. The standard InChI is InChI=1S/C16H18F4O5/c1-7-10(8-5-6-9(21)11(17)12(8)23-3)13(14(22)24-4)25-15(7,2)16(18,19)20/h5-7,10,13,21H,1-4H3/t7-,10-,13+,15+/m0/s1. The maximum atomic E-state index is 14.1. The summed E-state index contributed by atoms with van der Waals surface area (Å²) in [5, 5.41) is 9.46. The molecule has 1 aliphatic rings. The molecule has 5 nitrogen and oxygen atoms in total. The molecule has 0 spiro atoms.